The summed E-state index contributed by atoms with van der Waals surface area (Å²) in [4.78, 5) is 25.6. The first-order valence-electron chi connectivity index (χ1n) is 13.2. The number of carbonyl (C=O) groups excluding carboxylic acids is 1. The Hall–Kier alpha value is -3.74. The zero-order chi connectivity index (χ0) is 28.8. The highest BCUT2D eigenvalue weighted by Crippen LogP contribution is 2.35. The summed E-state index contributed by atoms with van der Waals surface area (Å²) in [6.07, 6.45) is -1.27. The number of nitrogens with one attached hydrogen (secondary N) is 1. The molecule has 12 heteroatoms. The summed E-state index contributed by atoms with van der Waals surface area (Å²) < 4.78 is 22.1. The summed E-state index contributed by atoms with van der Waals surface area (Å²) in [6, 6.07) is 7.51. The predicted molar refractivity (Wildman–Crippen MR) is 150 cm³/mol. The lowest BCUT2D eigenvalue weighted by molar-refractivity contribution is 0.0197. The fourth-order valence-electron chi connectivity index (χ4n) is 4.78. The van der Waals surface area contributed by atoms with Gasteiger partial charge in [-0.15, -0.1) is 0 Å². The summed E-state index contributed by atoms with van der Waals surface area (Å²) in [7, 11) is 4.82. The van der Waals surface area contributed by atoms with Crippen LogP contribution in [0, 0.1) is 20.8 Å². The average Bonchev–Trinajstić information content (AvgIpc) is 3.29. The molecule has 1 aromatic carbocycles. The van der Waals surface area contributed by atoms with Gasteiger partial charge >= 0.3 is 6.09 Å². The Morgan fingerprint density at radius 2 is 2.10 bits per heavy atom. The van der Waals surface area contributed by atoms with E-state index in [1.807, 2.05) is 45.0 Å². The van der Waals surface area contributed by atoms with Crippen LogP contribution < -0.4 is 15.0 Å². The van der Waals surface area contributed by atoms with E-state index in [1.54, 1.807) is 14.1 Å². The highest BCUT2D eigenvalue weighted by atomic mass is 16.5. The number of rotatable bonds is 10. The second-order valence-corrected chi connectivity index (χ2v) is 9.88. The molecule has 0 radical (unpaired) electrons. The molecule has 40 heavy (non-hydrogen) atoms. The largest absolute Gasteiger partial charge is 0.491 e. The lowest BCUT2D eigenvalue weighted by Gasteiger charge is -2.36. The Bertz CT molecular complexity index is 1290. The van der Waals surface area contributed by atoms with E-state index in [0.717, 1.165) is 33.9 Å². The third kappa shape index (κ3) is 6.69. The average molecular weight is 555 g/mol. The number of aryl methyl sites for hydroxylation is 2. The molecule has 1 unspecified atom stereocenters. The number of nitrogens with zero attached hydrogens (tertiary/aromatic N) is 5. The molecule has 2 aromatic heterocycles. The normalized spacial score (nSPS) is 16.1. The van der Waals surface area contributed by atoms with Gasteiger partial charge in [-0.3, -0.25) is 0 Å². The third-order valence-corrected chi connectivity index (χ3v) is 6.77. The molecule has 0 aliphatic carbocycles. The molecule has 0 spiro atoms. The number of anilines is 1. The number of hydrogen-bond acceptors (Lipinski definition) is 11. The standard InChI is InChI=1S/C28H38N6O6/c1-17-25(24-18(2)32-40-19(24)3)30-26(20-8-7-9-22(12-20)39-16-21(35)13-29-4)31-27(17)34-10-11-38-23(15-34)14-33(5)28(36)37-6/h7-9,12,21,23,29,35H,10-11,13-16H2,1-6H3/t21?,23-/m1/s1. The summed E-state index contributed by atoms with van der Waals surface area (Å²) in [5.74, 6) is 2.57. The van der Waals surface area contributed by atoms with Crippen molar-refractivity contribution in [2.24, 2.45) is 0 Å². The number of aliphatic hydroxyl groups is 1. The van der Waals surface area contributed by atoms with Crippen LogP contribution >= 0.6 is 0 Å². The molecule has 1 amide bonds. The van der Waals surface area contributed by atoms with Gasteiger partial charge in [-0.1, -0.05) is 17.3 Å². The number of likely N-dealkylation sites (N-methyl/N-ethyl adjacent to an activating group) is 2. The van der Waals surface area contributed by atoms with E-state index in [2.05, 4.69) is 15.4 Å². The van der Waals surface area contributed by atoms with Crippen molar-refractivity contribution in [3.63, 3.8) is 0 Å². The number of hydrogen-bond donors (Lipinski definition) is 2. The molecule has 1 aliphatic heterocycles. The van der Waals surface area contributed by atoms with Crippen LogP contribution in [0.15, 0.2) is 28.8 Å². The number of methoxy groups -OCH3 is 1. The predicted octanol–water partition coefficient (Wildman–Crippen LogP) is 2.59. The van der Waals surface area contributed by atoms with Crippen LogP contribution in [0.1, 0.15) is 17.0 Å². The molecule has 3 aromatic rings. The van der Waals surface area contributed by atoms with E-state index in [0.29, 0.717) is 50.1 Å². The molecule has 4 rings (SSSR count). The van der Waals surface area contributed by atoms with Gasteiger partial charge in [-0.25, -0.2) is 14.8 Å². The van der Waals surface area contributed by atoms with Crippen molar-refractivity contribution < 1.29 is 28.6 Å². The highest BCUT2D eigenvalue weighted by Gasteiger charge is 2.28. The second-order valence-electron chi connectivity index (χ2n) is 9.88. The molecule has 0 saturated carbocycles. The summed E-state index contributed by atoms with van der Waals surface area (Å²) in [6.45, 7) is 8.38. The number of benzene rings is 1. The van der Waals surface area contributed by atoms with Crippen LogP contribution in [-0.4, -0.2) is 104 Å². The van der Waals surface area contributed by atoms with Gasteiger partial charge in [0.25, 0.3) is 0 Å². The lowest BCUT2D eigenvalue weighted by Crippen LogP contribution is -2.48. The van der Waals surface area contributed by atoms with Gasteiger partial charge in [-0.05, 0) is 40.0 Å². The van der Waals surface area contributed by atoms with Crippen molar-refractivity contribution in [2.45, 2.75) is 33.0 Å². The van der Waals surface area contributed by atoms with Crippen molar-refractivity contribution in [2.75, 3.05) is 65.5 Å². The summed E-state index contributed by atoms with van der Waals surface area (Å²) >= 11 is 0. The molecule has 2 N–H and O–H groups in total. The molecular weight excluding hydrogens is 516 g/mol. The molecule has 1 saturated heterocycles. The molecule has 12 nitrogen and oxygen atoms in total. The van der Waals surface area contributed by atoms with Gasteiger partial charge in [0.15, 0.2) is 5.82 Å². The molecule has 2 atom stereocenters. The zero-order valence-electron chi connectivity index (χ0n) is 23.9. The van der Waals surface area contributed by atoms with Crippen LogP contribution in [0.5, 0.6) is 5.75 Å². The van der Waals surface area contributed by atoms with E-state index in [4.69, 9.17) is 28.7 Å². The number of aliphatic hydroxyl groups excluding tert-OH is 1. The maximum Gasteiger partial charge on any atom is 0.409 e. The fraction of sp³-hybridized carbons (Fsp3) is 0.500. The Morgan fingerprint density at radius 1 is 1.30 bits per heavy atom. The molecule has 1 fully saturated rings. The topological polar surface area (TPSA) is 135 Å². The van der Waals surface area contributed by atoms with E-state index >= 15 is 0 Å². The quantitative estimate of drug-likeness (QED) is 0.383. The monoisotopic (exact) mass is 554 g/mol. The van der Waals surface area contributed by atoms with E-state index < -0.39 is 12.2 Å². The number of aromatic nitrogens is 3. The van der Waals surface area contributed by atoms with Crippen LogP contribution in [0.25, 0.3) is 22.6 Å². The Morgan fingerprint density at radius 3 is 2.80 bits per heavy atom. The van der Waals surface area contributed by atoms with Crippen LogP contribution in [-0.2, 0) is 9.47 Å². The Kier molecular flexibility index (Phi) is 9.56. The first-order chi connectivity index (χ1) is 19.2. The first-order valence-corrected chi connectivity index (χ1v) is 13.2. The van der Waals surface area contributed by atoms with Crippen LogP contribution in [0.3, 0.4) is 0 Å². The SMILES string of the molecule is CNCC(O)COc1cccc(-c2nc(-c3c(C)noc3C)c(C)c(N3CCO[C@H](CN(C)C(=O)OC)C3)n2)c1. The van der Waals surface area contributed by atoms with Crippen molar-refractivity contribution in [1.29, 1.82) is 0 Å². The highest BCUT2D eigenvalue weighted by molar-refractivity contribution is 5.75. The van der Waals surface area contributed by atoms with Gasteiger partial charge in [0.1, 0.15) is 30.0 Å². The van der Waals surface area contributed by atoms with Crippen LogP contribution in [0.2, 0.25) is 0 Å². The number of carbonyl (C=O) groups is 1. The minimum absolute atomic E-state index is 0.157. The smallest absolute Gasteiger partial charge is 0.409 e. The van der Waals surface area contributed by atoms with Gasteiger partial charge in [0.2, 0.25) is 0 Å². The zero-order valence-corrected chi connectivity index (χ0v) is 23.9. The molecular formula is C28H38N6O6. The minimum atomic E-state index is -0.630. The lowest BCUT2D eigenvalue weighted by atomic mass is 10.0. The van der Waals surface area contributed by atoms with E-state index in [9.17, 15) is 9.90 Å². The van der Waals surface area contributed by atoms with Crippen LogP contribution in [0.4, 0.5) is 10.6 Å². The van der Waals surface area contributed by atoms with Gasteiger partial charge in [0.05, 0.1) is 43.3 Å². The molecule has 216 valence electrons. The molecule has 0 bridgehead atoms. The van der Waals surface area contributed by atoms with Crippen molar-refractivity contribution in [1.82, 2.24) is 25.3 Å². The van der Waals surface area contributed by atoms with Gasteiger partial charge in [-0.2, -0.15) is 0 Å². The number of amides is 1. The van der Waals surface area contributed by atoms with E-state index in [-0.39, 0.29) is 12.7 Å². The Labute approximate surface area is 234 Å². The van der Waals surface area contributed by atoms with Gasteiger partial charge < -0.3 is 39.0 Å². The van der Waals surface area contributed by atoms with E-state index in [1.165, 1.54) is 12.0 Å². The molecule has 1 aliphatic rings. The summed E-state index contributed by atoms with van der Waals surface area (Å²) in [5, 5.41) is 17.1. The fourth-order valence-corrected chi connectivity index (χ4v) is 4.78. The Balaban J connectivity index is 1.71. The maximum absolute atomic E-state index is 11.9. The van der Waals surface area contributed by atoms with Gasteiger partial charge in [0, 0.05) is 37.8 Å². The number of ether oxygens (including phenoxy) is 3. The second kappa shape index (κ2) is 13.1. The molecule has 3 heterocycles. The minimum Gasteiger partial charge on any atom is -0.491 e. The maximum atomic E-state index is 11.9. The van der Waals surface area contributed by atoms with Crippen molar-refractivity contribution in [3.05, 3.63) is 41.3 Å². The van der Waals surface area contributed by atoms with Crippen molar-refractivity contribution in [3.8, 4) is 28.4 Å². The first kappa shape index (κ1) is 29.2. The summed E-state index contributed by atoms with van der Waals surface area (Å²) in [5.41, 5.74) is 3.97. The number of morpholine rings is 1. The third-order valence-electron chi connectivity index (χ3n) is 6.77. The van der Waals surface area contributed by atoms with Crippen molar-refractivity contribution >= 4 is 11.9 Å².